The zero-order valence-electron chi connectivity index (χ0n) is 11.2. The van der Waals surface area contributed by atoms with Gasteiger partial charge in [-0.2, -0.15) is 0 Å². The molecule has 1 rings (SSSR count). The number of urea groups is 1. The topological polar surface area (TPSA) is 78.9 Å². The summed E-state index contributed by atoms with van der Waals surface area (Å²) in [4.78, 5) is 24.5. The van der Waals surface area contributed by atoms with E-state index in [0.717, 1.165) is 6.42 Å². The van der Waals surface area contributed by atoms with E-state index < -0.39 is 11.4 Å². The SMILES string of the molecule is COCC(C)N(C)C(=O)NCC1(C(=O)O)CCC1. The number of carboxylic acid groups (broad SMARTS) is 1. The highest BCUT2D eigenvalue weighted by Gasteiger charge is 2.44. The monoisotopic (exact) mass is 258 g/mol. The summed E-state index contributed by atoms with van der Waals surface area (Å²) in [5.74, 6) is -0.818. The Labute approximate surface area is 107 Å². The molecule has 0 saturated heterocycles. The fourth-order valence-corrected chi connectivity index (χ4v) is 1.99. The third kappa shape index (κ3) is 3.13. The zero-order valence-corrected chi connectivity index (χ0v) is 11.2. The van der Waals surface area contributed by atoms with Crippen molar-refractivity contribution < 1.29 is 19.4 Å². The first-order valence-corrected chi connectivity index (χ1v) is 6.16. The van der Waals surface area contributed by atoms with Crippen molar-refractivity contribution >= 4 is 12.0 Å². The average molecular weight is 258 g/mol. The van der Waals surface area contributed by atoms with Gasteiger partial charge in [0.05, 0.1) is 18.1 Å². The third-order valence-electron chi connectivity index (χ3n) is 3.73. The molecule has 2 amide bonds. The third-order valence-corrected chi connectivity index (χ3v) is 3.73. The highest BCUT2D eigenvalue weighted by atomic mass is 16.5. The second-order valence-electron chi connectivity index (χ2n) is 5.01. The Bertz CT molecular complexity index is 315. The molecule has 2 N–H and O–H groups in total. The van der Waals surface area contributed by atoms with E-state index >= 15 is 0 Å². The van der Waals surface area contributed by atoms with Crippen LogP contribution in [0.25, 0.3) is 0 Å². The van der Waals surface area contributed by atoms with Gasteiger partial charge in [-0.25, -0.2) is 4.79 Å². The highest BCUT2D eigenvalue weighted by Crippen LogP contribution is 2.40. The summed E-state index contributed by atoms with van der Waals surface area (Å²) in [6, 6.07) is -0.302. The number of carbonyl (C=O) groups is 2. The standard InChI is InChI=1S/C12H22N2O4/c1-9(7-18-3)14(2)11(17)13-8-12(10(15)16)5-4-6-12/h9H,4-8H2,1-3H3,(H,13,17)(H,15,16). The molecular formula is C12H22N2O4. The number of aliphatic carboxylic acids is 1. The summed E-state index contributed by atoms with van der Waals surface area (Å²) in [5, 5.41) is 11.8. The van der Waals surface area contributed by atoms with Gasteiger partial charge < -0.3 is 20.1 Å². The smallest absolute Gasteiger partial charge is 0.317 e. The van der Waals surface area contributed by atoms with E-state index in [1.807, 2.05) is 6.92 Å². The van der Waals surface area contributed by atoms with Crippen LogP contribution in [-0.2, 0) is 9.53 Å². The molecule has 0 aliphatic heterocycles. The van der Waals surface area contributed by atoms with Gasteiger partial charge in [-0.1, -0.05) is 6.42 Å². The minimum Gasteiger partial charge on any atom is -0.481 e. The lowest BCUT2D eigenvalue weighted by Gasteiger charge is -2.38. The number of rotatable bonds is 6. The number of amides is 2. The van der Waals surface area contributed by atoms with Crippen molar-refractivity contribution in [2.24, 2.45) is 5.41 Å². The van der Waals surface area contributed by atoms with Gasteiger partial charge in [0.1, 0.15) is 0 Å². The van der Waals surface area contributed by atoms with E-state index in [2.05, 4.69) is 5.32 Å². The van der Waals surface area contributed by atoms with E-state index in [0.29, 0.717) is 19.4 Å². The van der Waals surface area contributed by atoms with Gasteiger partial charge in [0.25, 0.3) is 0 Å². The fourth-order valence-electron chi connectivity index (χ4n) is 1.99. The molecule has 0 aromatic carbocycles. The fraction of sp³-hybridized carbons (Fsp3) is 0.833. The summed E-state index contributed by atoms with van der Waals surface area (Å²) in [5.41, 5.74) is -0.749. The average Bonchev–Trinajstić information content (AvgIpc) is 2.26. The molecule has 0 spiro atoms. The normalized spacial score (nSPS) is 18.6. The first-order chi connectivity index (χ1) is 8.43. The summed E-state index contributed by atoms with van der Waals surface area (Å²) >= 11 is 0. The Hall–Kier alpha value is -1.30. The quantitative estimate of drug-likeness (QED) is 0.742. The number of carboxylic acids is 1. The van der Waals surface area contributed by atoms with Crippen LogP contribution in [0.1, 0.15) is 26.2 Å². The molecule has 0 bridgehead atoms. The number of methoxy groups -OCH3 is 1. The number of nitrogens with one attached hydrogen (secondary N) is 1. The van der Waals surface area contributed by atoms with Crippen molar-refractivity contribution in [3.63, 3.8) is 0 Å². The highest BCUT2D eigenvalue weighted by molar-refractivity contribution is 5.78. The van der Waals surface area contributed by atoms with Crippen molar-refractivity contribution in [3.8, 4) is 0 Å². The molecule has 1 saturated carbocycles. The molecule has 1 aliphatic carbocycles. The van der Waals surface area contributed by atoms with E-state index in [-0.39, 0.29) is 18.6 Å². The van der Waals surface area contributed by atoms with Crippen LogP contribution in [0.3, 0.4) is 0 Å². The van der Waals surface area contributed by atoms with Crippen LogP contribution >= 0.6 is 0 Å². The summed E-state index contributed by atoms with van der Waals surface area (Å²) in [6.45, 7) is 2.53. The van der Waals surface area contributed by atoms with E-state index in [1.54, 1.807) is 14.2 Å². The van der Waals surface area contributed by atoms with Crippen LogP contribution in [0.4, 0.5) is 4.79 Å². The first kappa shape index (κ1) is 14.8. The van der Waals surface area contributed by atoms with Crippen LogP contribution in [0, 0.1) is 5.41 Å². The molecular weight excluding hydrogens is 236 g/mol. The molecule has 0 heterocycles. The van der Waals surface area contributed by atoms with Crippen molar-refractivity contribution in [2.45, 2.75) is 32.2 Å². The first-order valence-electron chi connectivity index (χ1n) is 6.16. The molecule has 1 fully saturated rings. The Morgan fingerprint density at radius 3 is 2.50 bits per heavy atom. The molecule has 1 unspecified atom stereocenters. The Kier molecular flexibility index (Phi) is 4.95. The van der Waals surface area contributed by atoms with Crippen LogP contribution in [0.2, 0.25) is 0 Å². The summed E-state index contributed by atoms with van der Waals surface area (Å²) in [7, 11) is 3.25. The van der Waals surface area contributed by atoms with Crippen LogP contribution in [0.15, 0.2) is 0 Å². The lowest BCUT2D eigenvalue weighted by molar-refractivity contribution is -0.153. The van der Waals surface area contributed by atoms with Gasteiger partial charge >= 0.3 is 12.0 Å². The molecule has 0 aromatic rings. The van der Waals surface area contributed by atoms with Gasteiger partial charge in [0.2, 0.25) is 0 Å². The lowest BCUT2D eigenvalue weighted by Crippen LogP contribution is -2.51. The van der Waals surface area contributed by atoms with Gasteiger partial charge in [-0.05, 0) is 19.8 Å². The summed E-state index contributed by atoms with van der Waals surface area (Å²) < 4.78 is 4.98. The maximum absolute atomic E-state index is 11.8. The van der Waals surface area contributed by atoms with Crippen molar-refractivity contribution in [2.75, 3.05) is 27.3 Å². The predicted octanol–water partition coefficient (Wildman–Crippen LogP) is 0.918. The molecule has 104 valence electrons. The number of carbonyl (C=O) groups excluding carboxylic acids is 1. The maximum Gasteiger partial charge on any atom is 0.317 e. The molecule has 18 heavy (non-hydrogen) atoms. The van der Waals surface area contributed by atoms with Gasteiger partial charge in [-0.15, -0.1) is 0 Å². The Morgan fingerprint density at radius 2 is 2.11 bits per heavy atom. The maximum atomic E-state index is 11.8. The second kappa shape index (κ2) is 6.04. The van der Waals surface area contributed by atoms with Gasteiger partial charge in [0, 0.05) is 20.7 Å². The molecule has 0 aromatic heterocycles. The van der Waals surface area contributed by atoms with Gasteiger partial charge in [-0.3, -0.25) is 4.79 Å². The Balaban J connectivity index is 2.43. The number of hydrogen-bond acceptors (Lipinski definition) is 3. The number of likely N-dealkylation sites (N-methyl/N-ethyl adjacent to an activating group) is 1. The van der Waals surface area contributed by atoms with Gasteiger partial charge in [0.15, 0.2) is 0 Å². The number of hydrogen-bond donors (Lipinski definition) is 2. The minimum absolute atomic E-state index is 0.0443. The summed E-state index contributed by atoms with van der Waals surface area (Å²) in [6.07, 6.45) is 2.19. The van der Waals surface area contributed by atoms with Crippen LogP contribution < -0.4 is 5.32 Å². The molecule has 1 aliphatic rings. The second-order valence-corrected chi connectivity index (χ2v) is 5.01. The Morgan fingerprint density at radius 1 is 1.50 bits per heavy atom. The predicted molar refractivity (Wildman–Crippen MR) is 66.4 cm³/mol. The van der Waals surface area contributed by atoms with E-state index in [4.69, 9.17) is 9.84 Å². The molecule has 1 atom stereocenters. The number of nitrogens with zero attached hydrogens (tertiary/aromatic N) is 1. The number of ether oxygens (including phenoxy) is 1. The van der Waals surface area contributed by atoms with E-state index in [9.17, 15) is 9.59 Å². The van der Waals surface area contributed by atoms with Crippen molar-refractivity contribution in [1.29, 1.82) is 0 Å². The van der Waals surface area contributed by atoms with Crippen LogP contribution in [0.5, 0.6) is 0 Å². The van der Waals surface area contributed by atoms with Crippen LogP contribution in [-0.4, -0.2) is 55.4 Å². The minimum atomic E-state index is -0.818. The molecule has 6 nitrogen and oxygen atoms in total. The van der Waals surface area contributed by atoms with E-state index in [1.165, 1.54) is 4.90 Å². The van der Waals surface area contributed by atoms with Crippen molar-refractivity contribution in [3.05, 3.63) is 0 Å². The van der Waals surface area contributed by atoms with Crippen molar-refractivity contribution in [1.82, 2.24) is 10.2 Å². The lowest BCUT2D eigenvalue weighted by atomic mass is 9.69. The largest absolute Gasteiger partial charge is 0.481 e. The molecule has 6 heteroatoms. The zero-order chi connectivity index (χ0) is 13.8. The molecule has 0 radical (unpaired) electrons.